The Balaban J connectivity index is 1.50. The minimum Gasteiger partial charge on any atom is -0.312 e. The van der Waals surface area contributed by atoms with Crippen molar-refractivity contribution in [3.8, 4) is 0 Å². The quantitative estimate of drug-likeness (QED) is 0.596. The molecule has 0 bridgehead atoms. The highest BCUT2D eigenvalue weighted by molar-refractivity contribution is 6.24. The van der Waals surface area contributed by atoms with Crippen LogP contribution < -0.4 is 16.0 Å². The number of nitrogens with zero attached hydrogens (tertiary/aromatic N) is 1. The van der Waals surface area contributed by atoms with Crippen molar-refractivity contribution in [2.75, 3.05) is 19.6 Å². The van der Waals surface area contributed by atoms with Gasteiger partial charge in [0.25, 0.3) is 17.7 Å². The number of fused-ring (bicyclic) bond motifs is 1. The summed E-state index contributed by atoms with van der Waals surface area (Å²) < 4.78 is 27.4. The molecule has 2 unspecified atom stereocenters. The fraction of sp³-hybridized carbons (Fsp3) is 0.474. The van der Waals surface area contributed by atoms with Gasteiger partial charge < -0.3 is 10.6 Å². The number of hydrogen-bond acceptors (Lipinski definition) is 6. The van der Waals surface area contributed by atoms with Gasteiger partial charge in [-0.2, -0.15) is 0 Å². The molecule has 1 aromatic carbocycles. The van der Waals surface area contributed by atoms with Crippen LogP contribution in [0.4, 0.5) is 8.78 Å². The Morgan fingerprint density at radius 1 is 1.17 bits per heavy atom. The number of carbonyl (C=O) groups is 4. The van der Waals surface area contributed by atoms with Gasteiger partial charge in [0.15, 0.2) is 0 Å². The molecule has 1 aromatic rings. The van der Waals surface area contributed by atoms with Gasteiger partial charge in [0, 0.05) is 32.0 Å². The predicted octanol–water partition coefficient (Wildman–Crippen LogP) is 0.0321. The maximum atomic E-state index is 13.7. The molecule has 3 heterocycles. The lowest BCUT2D eigenvalue weighted by Gasteiger charge is -2.27. The number of rotatable bonds is 5. The number of hydrogen-bond donors (Lipinski definition) is 3. The van der Waals surface area contributed by atoms with Gasteiger partial charge in [-0.1, -0.05) is 12.1 Å². The third-order valence-electron chi connectivity index (χ3n) is 5.61. The molecule has 3 aliphatic rings. The smallest absolute Gasteiger partial charge is 0.265 e. The molecule has 0 aromatic heterocycles. The van der Waals surface area contributed by atoms with Gasteiger partial charge in [0.2, 0.25) is 11.8 Å². The van der Waals surface area contributed by atoms with Gasteiger partial charge in [-0.05, 0) is 18.1 Å². The zero-order chi connectivity index (χ0) is 20.8. The second-order valence-electron chi connectivity index (χ2n) is 7.51. The molecule has 8 nitrogen and oxygen atoms in total. The number of halogens is 2. The average molecular weight is 406 g/mol. The summed E-state index contributed by atoms with van der Waals surface area (Å²) in [6.45, 7) is 0.0439. The number of nitrogens with one attached hydrogen (secondary N) is 3. The summed E-state index contributed by atoms with van der Waals surface area (Å²) in [4.78, 5) is 50.1. The lowest BCUT2D eigenvalue weighted by molar-refractivity contribution is -0.136. The van der Waals surface area contributed by atoms with Gasteiger partial charge in [0.1, 0.15) is 6.04 Å². The Bertz CT molecular complexity index is 904. The predicted molar refractivity (Wildman–Crippen MR) is 96.1 cm³/mol. The Labute approximate surface area is 165 Å². The van der Waals surface area contributed by atoms with Crippen molar-refractivity contribution in [2.24, 2.45) is 5.92 Å². The zero-order valence-corrected chi connectivity index (χ0v) is 15.5. The van der Waals surface area contributed by atoms with Crippen molar-refractivity contribution in [3.05, 3.63) is 34.9 Å². The first-order valence-corrected chi connectivity index (χ1v) is 9.42. The Morgan fingerprint density at radius 2 is 1.97 bits per heavy atom. The molecule has 4 rings (SSSR count). The molecule has 3 N–H and O–H groups in total. The first-order valence-electron chi connectivity index (χ1n) is 9.42. The molecule has 154 valence electrons. The Hall–Kier alpha value is -2.72. The zero-order valence-electron chi connectivity index (χ0n) is 15.5. The molecule has 0 aliphatic carbocycles. The standard InChI is InChI=1S/C19H20F2N4O4/c20-19(21)9-23-8-11(19)7-22-6-10-2-1-3-12-15(10)18(29)25(17(12)28)13-4-5-14(26)24-16(13)27/h1-3,11,13,22-23H,4-9H2,(H,24,26,27). The maximum Gasteiger partial charge on any atom is 0.265 e. The van der Waals surface area contributed by atoms with E-state index in [-0.39, 0.29) is 50.1 Å². The van der Waals surface area contributed by atoms with Crippen molar-refractivity contribution in [3.63, 3.8) is 0 Å². The topological polar surface area (TPSA) is 108 Å². The van der Waals surface area contributed by atoms with E-state index < -0.39 is 41.5 Å². The monoisotopic (exact) mass is 406 g/mol. The van der Waals surface area contributed by atoms with Crippen LogP contribution in [0, 0.1) is 5.92 Å². The fourth-order valence-corrected chi connectivity index (χ4v) is 4.04. The Kier molecular flexibility index (Phi) is 4.91. The van der Waals surface area contributed by atoms with Crippen molar-refractivity contribution < 1.29 is 28.0 Å². The second-order valence-corrected chi connectivity index (χ2v) is 7.51. The van der Waals surface area contributed by atoms with E-state index in [4.69, 9.17) is 0 Å². The number of alkyl halides is 2. The average Bonchev–Trinajstić information content (AvgIpc) is 3.13. The summed E-state index contributed by atoms with van der Waals surface area (Å²) in [5.41, 5.74) is 0.850. The van der Waals surface area contributed by atoms with Crippen molar-refractivity contribution in [1.29, 1.82) is 0 Å². The molecule has 29 heavy (non-hydrogen) atoms. The minimum atomic E-state index is -2.79. The number of piperidine rings is 1. The maximum absolute atomic E-state index is 13.7. The lowest BCUT2D eigenvalue weighted by atomic mass is 10.0. The van der Waals surface area contributed by atoms with Crippen molar-refractivity contribution >= 4 is 23.6 Å². The number of imide groups is 2. The summed E-state index contributed by atoms with van der Waals surface area (Å²) in [5, 5.41) is 7.75. The van der Waals surface area contributed by atoms with E-state index in [0.29, 0.717) is 5.56 Å². The molecule has 0 spiro atoms. The minimum absolute atomic E-state index is 0.0435. The van der Waals surface area contributed by atoms with Crippen molar-refractivity contribution in [2.45, 2.75) is 31.4 Å². The van der Waals surface area contributed by atoms with Crippen LogP contribution in [-0.2, 0) is 16.1 Å². The van der Waals surface area contributed by atoms with Crippen LogP contribution in [0.3, 0.4) is 0 Å². The molecule has 2 saturated heterocycles. The third kappa shape index (κ3) is 3.42. The van der Waals surface area contributed by atoms with E-state index >= 15 is 0 Å². The van der Waals surface area contributed by atoms with Gasteiger partial charge in [-0.3, -0.25) is 29.4 Å². The summed E-state index contributed by atoms with van der Waals surface area (Å²) in [7, 11) is 0. The first kappa shape index (κ1) is 19.6. The molecule has 0 saturated carbocycles. The van der Waals surface area contributed by atoms with E-state index in [2.05, 4.69) is 16.0 Å². The van der Waals surface area contributed by atoms with Crippen LogP contribution in [0.15, 0.2) is 18.2 Å². The Morgan fingerprint density at radius 3 is 2.66 bits per heavy atom. The summed E-state index contributed by atoms with van der Waals surface area (Å²) in [6.07, 6.45) is 0.120. The number of carbonyl (C=O) groups excluding carboxylic acids is 4. The summed E-state index contributed by atoms with van der Waals surface area (Å²) in [6, 6.07) is 3.72. The summed E-state index contributed by atoms with van der Waals surface area (Å²) in [5.74, 6) is -5.95. The summed E-state index contributed by atoms with van der Waals surface area (Å²) >= 11 is 0. The van der Waals surface area contributed by atoms with Crippen LogP contribution in [0.2, 0.25) is 0 Å². The lowest BCUT2D eigenvalue weighted by Crippen LogP contribution is -2.54. The molecule has 0 radical (unpaired) electrons. The van der Waals surface area contributed by atoms with Crippen LogP contribution in [-0.4, -0.2) is 60.1 Å². The SMILES string of the molecule is O=C1CCC(N2C(=O)c3cccc(CNCC4CNCC4(F)F)c3C2=O)C(=O)N1. The normalized spacial score (nSPS) is 26.1. The van der Waals surface area contributed by atoms with Crippen LogP contribution in [0.5, 0.6) is 0 Å². The van der Waals surface area contributed by atoms with E-state index in [9.17, 15) is 28.0 Å². The largest absolute Gasteiger partial charge is 0.312 e. The molecule has 2 atom stereocenters. The molecular weight excluding hydrogens is 386 g/mol. The first-order chi connectivity index (χ1) is 13.8. The van der Waals surface area contributed by atoms with E-state index in [1.165, 1.54) is 6.07 Å². The number of amides is 4. The van der Waals surface area contributed by atoms with E-state index in [0.717, 1.165) is 4.90 Å². The highest BCUT2D eigenvalue weighted by Gasteiger charge is 2.46. The van der Waals surface area contributed by atoms with Gasteiger partial charge in [-0.25, -0.2) is 8.78 Å². The molecule has 2 fully saturated rings. The van der Waals surface area contributed by atoms with Gasteiger partial charge in [-0.15, -0.1) is 0 Å². The molecule has 10 heteroatoms. The van der Waals surface area contributed by atoms with Crippen LogP contribution in [0.1, 0.15) is 39.1 Å². The second kappa shape index (κ2) is 7.27. The molecule has 4 amide bonds. The van der Waals surface area contributed by atoms with E-state index in [1.807, 2.05) is 0 Å². The highest BCUT2D eigenvalue weighted by atomic mass is 19.3. The third-order valence-corrected chi connectivity index (χ3v) is 5.61. The molecular formula is C19H20F2N4O4. The molecule has 3 aliphatic heterocycles. The highest BCUT2D eigenvalue weighted by Crippen LogP contribution is 2.30. The fourth-order valence-electron chi connectivity index (χ4n) is 4.04. The van der Waals surface area contributed by atoms with Gasteiger partial charge in [0.05, 0.1) is 17.7 Å². The van der Waals surface area contributed by atoms with E-state index in [1.54, 1.807) is 12.1 Å². The van der Waals surface area contributed by atoms with Crippen LogP contribution >= 0.6 is 0 Å². The number of benzene rings is 1. The van der Waals surface area contributed by atoms with Crippen molar-refractivity contribution in [1.82, 2.24) is 20.9 Å². The van der Waals surface area contributed by atoms with Gasteiger partial charge >= 0.3 is 0 Å². The van der Waals surface area contributed by atoms with Crippen LogP contribution in [0.25, 0.3) is 0 Å².